The number of para-hydroxylation sites is 2. The lowest BCUT2D eigenvalue weighted by atomic mass is 9.64. The van der Waals surface area contributed by atoms with Crippen LogP contribution in [-0.4, -0.2) is 0 Å². The van der Waals surface area contributed by atoms with Crippen molar-refractivity contribution >= 4 is 17.1 Å². The van der Waals surface area contributed by atoms with Gasteiger partial charge in [-0.15, -0.1) is 0 Å². The van der Waals surface area contributed by atoms with Crippen molar-refractivity contribution < 1.29 is 4.74 Å². The number of rotatable bonds is 6. The molecule has 3 unspecified atom stereocenters. The first kappa shape index (κ1) is 38.1. The minimum atomic E-state index is -0.673. The molecule has 67 heavy (non-hydrogen) atoms. The molecule has 1 fully saturated rings. The maximum absolute atomic E-state index is 6.96. The molecular formula is C65H45NO. The fourth-order valence-corrected chi connectivity index (χ4v) is 12.5. The van der Waals surface area contributed by atoms with E-state index >= 15 is 0 Å². The van der Waals surface area contributed by atoms with Crippen LogP contribution in [0.3, 0.4) is 0 Å². The SMILES string of the molecule is c1ccc(-c2ccccc2N(c2ccc3c(c2)CC2(CC2c2ccccc2)c2ccccc2-3)c2ccc3c(c2)C2(c4ccccc4Oc4cccc(-c5ccccc5)c42)c2ccccc2-3)cc1. The Labute approximate surface area is 392 Å². The summed E-state index contributed by atoms with van der Waals surface area (Å²) in [5, 5.41) is 0. The van der Waals surface area contributed by atoms with Gasteiger partial charge in [-0.3, -0.25) is 0 Å². The predicted molar refractivity (Wildman–Crippen MR) is 274 cm³/mol. The highest BCUT2D eigenvalue weighted by Gasteiger charge is 2.58. The Bertz CT molecular complexity index is 3580. The molecule has 10 aromatic carbocycles. The lowest BCUT2D eigenvalue weighted by Gasteiger charge is -2.41. The number of hydrogen-bond donors (Lipinski definition) is 0. The van der Waals surface area contributed by atoms with Crippen LogP contribution in [0.5, 0.6) is 11.5 Å². The molecule has 0 amide bonds. The highest BCUT2D eigenvalue weighted by atomic mass is 16.5. The summed E-state index contributed by atoms with van der Waals surface area (Å²) in [7, 11) is 0. The zero-order valence-corrected chi connectivity index (χ0v) is 36.9. The zero-order chi connectivity index (χ0) is 44.1. The number of ether oxygens (including phenoxy) is 1. The second-order valence-corrected chi connectivity index (χ2v) is 18.8. The molecule has 4 aliphatic rings. The van der Waals surface area contributed by atoms with Crippen molar-refractivity contribution in [2.75, 3.05) is 4.90 Å². The first-order valence-corrected chi connectivity index (χ1v) is 23.6. The molecule has 1 heterocycles. The largest absolute Gasteiger partial charge is 0.457 e. The van der Waals surface area contributed by atoms with Crippen molar-refractivity contribution in [3.8, 4) is 56.0 Å². The number of nitrogens with zero attached hydrogens (tertiary/aromatic N) is 1. The van der Waals surface area contributed by atoms with E-state index in [4.69, 9.17) is 4.74 Å². The standard InChI is InChI=1S/C65H45NO/c1-4-19-43(20-5-1)50-25-12-16-32-60(50)66(47-35-37-49-46(39-47)41-64(55-29-13-10-26-52(49)55)42-59(64)45-23-8-3-9-24-45)48-36-38-54-53-27-11-14-30-56(53)65(58(54)40-48)57-31-15-17-33-61(57)67-62-34-18-28-51(63(62)65)44-21-6-2-7-22-44/h1-40,59H,41-42H2. The first-order chi connectivity index (χ1) is 33.2. The van der Waals surface area contributed by atoms with Crippen LogP contribution in [0, 0.1) is 0 Å². The lowest BCUT2D eigenvalue weighted by Crippen LogP contribution is -2.33. The van der Waals surface area contributed by atoms with E-state index in [1.165, 1.54) is 77.9 Å². The lowest BCUT2D eigenvalue weighted by molar-refractivity contribution is 0.437. The molecule has 3 atom stereocenters. The Balaban J connectivity index is 1.02. The van der Waals surface area contributed by atoms with Crippen LogP contribution >= 0.6 is 0 Å². The highest BCUT2D eigenvalue weighted by molar-refractivity contribution is 5.95. The molecule has 0 radical (unpaired) electrons. The van der Waals surface area contributed by atoms with Gasteiger partial charge in [0.2, 0.25) is 0 Å². The molecule has 2 spiro atoms. The van der Waals surface area contributed by atoms with Crippen LogP contribution in [0.1, 0.15) is 51.3 Å². The third-order valence-electron chi connectivity index (χ3n) is 15.4. The Hall–Kier alpha value is -8.20. The fraction of sp³-hybridized carbons (Fsp3) is 0.0769. The average Bonchev–Trinajstić information content (AvgIpc) is 4.05. The first-order valence-electron chi connectivity index (χ1n) is 23.6. The molecule has 10 aromatic rings. The summed E-state index contributed by atoms with van der Waals surface area (Å²) in [4.78, 5) is 2.53. The molecule has 0 N–H and O–H groups in total. The molecule has 1 aliphatic heterocycles. The van der Waals surface area contributed by atoms with Crippen molar-refractivity contribution in [3.05, 3.63) is 282 Å². The van der Waals surface area contributed by atoms with Crippen LogP contribution in [-0.2, 0) is 17.3 Å². The van der Waals surface area contributed by atoms with Gasteiger partial charge in [0.25, 0.3) is 0 Å². The number of anilines is 3. The molecule has 0 saturated heterocycles. The monoisotopic (exact) mass is 855 g/mol. The summed E-state index contributed by atoms with van der Waals surface area (Å²) < 4.78 is 6.96. The van der Waals surface area contributed by atoms with E-state index in [-0.39, 0.29) is 5.41 Å². The van der Waals surface area contributed by atoms with Crippen molar-refractivity contribution in [1.29, 1.82) is 0 Å². The maximum atomic E-state index is 6.96. The van der Waals surface area contributed by atoms with Gasteiger partial charge in [0, 0.05) is 33.5 Å². The van der Waals surface area contributed by atoms with Crippen LogP contribution < -0.4 is 9.64 Å². The quantitative estimate of drug-likeness (QED) is 0.165. The molecular weight excluding hydrogens is 811 g/mol. The molecule has 3 aliphatic carbocycles. The molecule has 14 rings (SSSR count). The minimum absolute atomic E-state index is 0.0718. The van der Waals surface area contributed by atoms with E-state index in [9.17, 15) is 0 Å². The third-order valence-corrected chi connectivity index (χ3v) is 15.4. The Morgan fingerprint density at radius 3 is 1.69 bits per heavy atom. The van der Waals surface area contributed by atoms with Gasteiger partial charge in [-0.1, -0.05) is 200 Å². The van der Waals surface area contributed by atoms with Gasteiger partial charge in [-0.05, 0) is 128 Å². The van der Waals surface area contributed by atoms with Crippen molar-refractivity contribution in [2.24, 2.45) is 0 Å². The van der Waals surface area contributed by atoms with Gasteiger partial charge < -0.3 is 9.64 Å². The second-order valence-electron chi connectivity index (χ2n) is 18.8. The minimum Gasteiger partial charge on any atom is -0.457 e. The zero-order valence-electron chi connectivity index (χ0n) is 36.9. The van der Waals surface area contributed by atoms with E-state index in [1.807, 2.05) is 0 Å². The van der Waals surface area contributed by atoms with Crippen molar-refractivity contribution in [3.63, 3.8) is 0 Å². The Morgan fingerprint density at radius 1 is 0.388 bits per heavy atom. The molecule has 0 aromatic heterocycles. The number of fused-ring (bicyclic) bond motifs is 13. The topological polar surface area (TPSA) is 12.5 Å². The highest BCUT2D eigenvalue weighted by Crippen LogP contribution is 2.67. The summed E-state index contributed by atoms with van der Waals surface area (Å²) in [6.45, 7) is 0. The van der Waals surface area contributed by atoms with Crippen molar-refractivity contribution in [1.82, 2.24) is 0 Å². The van der Waals surface area contributed by atoms with E-state index in [0.717, 1.165) is 47.0 Å². The summed E-state index contributed by atoms with van der Waals surface area (Å²) >= 11 is 0. The van der Waals surface area contributed by atoms with Crippen LogP contribution in [0.2, 0.25) is 0 Å². The predicted octanol–water partition coefficient (Wildman–Crippen LogP) is 16.6. The fourth-order valence-electron chi connectivity index (χ4n) is 12.5. The van der Waals surface area contributed by atoms with Gasteiger partial charge in [0.15, 0.2) is 0 Å². The Morgan fingerprint density at radius 2 is 0.925 bits per heavy atom. The molecule has 2 heteroatoms. The summed E-state index contributed by atoms with van der Waals surface area (Å²) in [6, 6.07) is 89.9. The average molecular weight is 856 g/mol. The van der Waals surface area contributed by atoms with Gasteiger partial charge in [-0.25, -0.2) is 0 Å². The van der Waals surface area contributed by atoms with Crippen LogP contribution in [0.15, 0.2) is 243 Å². The van der Waals surface area contributed by atoms with Gasteiger partial charge >= 0.3 is 0 Å². The maximum Gasteiger partial charge on any atom is 0.132 e. The van der Waals surface area contributed by atoms with E-state index in [1.54, 1.807) is 0 Å². The van der Waals surface area contributed by atoms with E-state index in [2.05, 4.69) is 248 Å². The Kier molecular flexibility index (Phi) is 8.34. The summed E-state index contributed by atoms with van der Waals surface area (Å²) in [5.41, 5.74) is 21.9. The van der Waals surface area contributed by atoms with Crippen molar-refractivity contribution in [2.45, 2.75) is 29.6 Å². The molecule has 2 nitrogen and oxygen atoms in total. The molecule has 316 valence electrons. The van der Waals surface area contributed by atoms with Crippen LogP contribution in [0.25, 0.3) is 44.5 Å². The molecule has 1 saturated carbocycles. The second kappa shape index (κ2) is 14.7. The van der Waals surface area contributed by atoms with Gasteiger partial charge in [0.1, 0.15) is 11.5 Å². The van der Waals surface area contributed by atoms with E-state index in [0.29, 0.717) is 5.92 Å². The van der Waals surface area contributed by atoms with E-state index < -0.39 is 5.41 Å². The van der Waals surface area contributed by atoms with Gasteiger partial charge in [-0.2, -0.15) is 0 Å². The third kappa shape index (κ3) is 5.57. The molecule has 0 bridgehead atoms. The number of hydrogen-bond acceptors (Lipinski definition) is 2. The van der Waals surface area contributed by atoms with Gasteiger partial charge in [0.05, 0.1) is 11.1 Å². The normalized spacial score (nSPS) is 18.7. The summed E-state index contributed by atoms with van der Waals surface area (Å²) in [6.07, 6.45) is 2.16. The smallest absolute Gasteiger partial charge is 0.132 e. The van der Waals surface area contributed by atoms with Crippen LogP contribution in [0.4, 0.5) is 17.1 Å². The number of benzene rings is 10. The summed E-state index contributed by atoms with van der Waals surface area (Å²) in [5.74, 6) is 2.26.